The molecule has 1 aromatic rings. The minimum atomic E-state index is -0.185. The number of hydrogen-bond donors (Lipinski definition) is 0. The third-order valence-electron chi connectivity index (χ3n) is 1.17. The van der Waals surface area contributed by atoms with Crippen LogP contribution in [0.25, 0.3) is 0 Å². The van der Waals surface area contributed by atoms with Crippen molar-refractivity contribution < 1.29 is 4.79 Å². The summed E-state index contributed by atoms with van der Waals surface area (Å²) in [5, 5.41) is 1.86. The molecule has 58 valence electrons. The summed E-state index contributed by atoms with van der Waals surface area (Å²) < 4.78 is 0.806. The highest BCUT2D eigenvalue weighted by molar-refractivity contribution is 9.11. The van der Waals surface area contributed by atoms with Crippen LogP contribution in [0.2, 0.25) is 0 Å². The van der Waals surface area contributed by atoms with Crippen LogP contribution in [0.15, 0.2) is 14.3 Å². The van der Waals surface area contributed by atoms with E-state index in [1.54, 1.807) is 6.92 Å². The van der Waals surface area contributed by atoms with Crippen LogP contribution < -0.4 is 0 Å². The van der Waals surface area contributed by atoms with Crippen molar-refractivity contribution in [1.82, 2.24) is 4.98 Å². The molecule has 1 unspecified atom stereocenters. The lowest BCUT2D eigenvalue weighted by molar-refractivity contribution is 0.559. The van der Waals surface area contributed by atoms with Crippen LogP contribution in [0.1, 0.15) is 18.7 Å². The third kappa shape index (κ3) is 2.22. The normalized spacial score (nSPS) is 12.2. The van der Waals surface area contributed by atoms with Gasteiger partial charge in [-0.2, -0.15) is 4.99 Å². The first-order chi connectivity index (χ1) is 5.24. The average Bonchev–Trinajstić information content (AvgIpc) is 2.36. The topological polar surface area (TPSA) is 42.3 Å². The lowest BCUT2D eigenvalue weighted by atomic mass is 10.3. The van der Waals surface area contributed by atoms with E-state index in [9.17, 15) is 4.79 Å². The molecule has 0 bridgehead atoms. The van der Waals surface area contributed by atoms with Crippen LogP contribution in [0, 0.1) is 0 Å². The number of aromatic nitrogens is 1. The van der Waals surface area contributed by atoms with E-state index in [1.165, 1.54) is 17.4 Å². The van der Waals surface area contributed by atoms with Crippen molar-refractivity contribution in [2.24, 2.45) is 4.99 Å². The molecule has 11 heavy (non-hydrogen) atoms. The Morgan fingerprint density at radius 2 is 2.64 bits per heavy atom. The molecule has 0 N–H and O–H groups in total. The minimum Gasteiger partial charge on any atom is -0.232 e. The highest BCUT2D eigenvalue weighted by Crippen LogP contribution is 2.22. The lowest BCUT2D eigenvalue weighted by Crippen LogP contribution is -1.87. The van der Waals surface area contributed by atoms with Crippen LogP contribution in [0.4, 0.5) is 0 Å². The molecule has 3 nitrogen and oxygen atoms in total. The third-order valence-corrected chi connectivity index (χ3v) is 2.55. The van der Waals surface area contributed by atoms with Crippen molar-refractivity contribution in [2.45, 2.75) is 13.0 Å². The maximum atomic E-state index is 9.87. The van der Waals surface area contributed by atoms with Gasteiger partial charge >= 0.3 is 0 Å². The highest BCUT2D eigenvalue weighted by atomic mass is 79.9. The Hall–Kier alpha value is -0.510. The first-order valence-corrected chi connectivity index (χ1v) is 4.59. The zero-order valence-electron chi connectivity index (χ0n) is 5.74. The zero-order valence-corrected chi connectivity index (χ0v) is 8.15. The summed E-state index contributed by atoms with van der Waals surface area (Å²) in [6.45, 7) is 1.80. The van der Waals surface area contributed by atoms with Crippen LogP contribution in [-0.2, 0) is 4.79 Å². The smallest absolute Gasteiger partial charge is 0.232 e. The van der Waals surface area contributed by atoms with Gasteiger partial charge in [-0.05, 0) is 22.9 Å². The van der Waals surface area contributed by atoms with E-state index >= 15 is 0 Å². The Morgan fingerprint density at radius 1 is 1.91 bits per heavy atom. The first-order valence-electron chi connectivity index (χ1n) is 2.92. The number of halogens is 1. The summed E-state index contributed by atoms with van der Waals surface area (Å²) in [6.07, 6.45) is 1.50. The van der Waals surface area contributed by atoms with Gasteiger partial charge in [0.05, 0.1) is 5.69 Å². The van der Waals surface area contributed by atoms with E-state index in [0.29, 0.717) is 0 Å². The Kier molecular flexibility index (Phi) is 2.93. The maximum absolute atomic E-state index is 9.87. The fourth-order valence-electron chi connectivity index (χ4n) is 0.600. The van der Waals surface area contributed by atoms with Crippen LogP contribution in [0.3, 0.4) is 0 Å². The molecular formula is C6H5BrN2OS. The van der Waals surface area contributed by atoms with E-state index in [-0.39, 0.29) is 6.04 Å². The number of nitrogens with zero attached hydrogens (tertiary/aromatic N) is 2. The van der Waals surface area contributed by atoms with Gasteiger partial charge in [0.2, 0.25) is 6.08 Å². The van der Waals surface area contributed by atoms with E-state index in [4.69, 9.17) is 0 Å². The maximum Gasteiger partial charge on any atom is 0.235 e. The molecule has 0 aliphatic heterocycles. The highest BCUT2D eigenvalue weighted by Gasteiger charge is 2.06. The zero-order chi connectivity index (χ0) is 8.27. The lowest BCUT2D eigenvalue weighted by Gasteiger charge is -1.95. The average molecular weight is 233 g/mol. The van der Waals surface area contributed by atoms with Gasteiger partial charge in [-0.25, -0.2) is 9.78 Å². The van der Waals surface area contributed by atoms with E-state index in [2.05, 4.69) is 25.9 Å². The molecule has 1 rings (SSSR count). The number of rotatable bonds is 2. The second kappa shape index (κ2) is 3.76. The number of thiazole rings is 1. The summed E-state index contributed by atoms with van der Waals surface area (Å²) in [7, 11) is 0. The van der Waals surface area contributed by atoms with Gasteiger partial charge < -0.3 is 0 Å². The van der Waals surface area contributed by atoms with Crippen molar-refractivity contribution in [1.29, 1.82) is 0 Å². The fourth-order valence-corrected chi connectivity index (χ4v) is 1.71. The number of hydrogen-bond acceptors (Lipinski definition) is 4. The summed E-state index contributed by atoms with van der Waals surface area (Å²) in [5.41, 5.74) is 0.797. The first kappa shape index (κ1) is 8.59. The molecule has 0 fully saturated rings. The van der Waals surface area contributed by atoms with Gasteiger partial charge in [-0.1, -0.05) is 0 Å². The summed E-state index contributed by atoms with van der Waals surface area (Å²) >= 11 is 4.69. The van der Waals surface area contributed by atoms with Gasteiger partial charge in [0.1, 0.15) is 6.04 Å². The predicted octanol–water partition coefficient (Wildman–Crippen LogP) is 2.30. The fraction of sp³-hybridized carbons (Fsp3) is 0.333. The van der Waals surface area contributed by atoms with Crippen LogP contribution >= 0.6 is 27.3 Å². The molecule has 0 saturated carbocycles. The van der Waals surface area contributed by atoms with Crippen LogP contribution in [-0.4, -0.2) is 11.1 Å². The molecule has 1 aromatic heterocycles. The Labute approximate surface area is 76.3 Å². The van der Waals surface area contributed by atoms with Crippen molar-refractivity contribution >= 4 is 33.3 Å². The van der Waals surface area contributed by atoms with E-state index in [0.717, 1.165) is 9.61 Å². The number of isocyanates is 1. The van der Waals surface area contributed by atoms with Crippen molar-refractivity contribution in [3.63, 3.8) is 0 Å². The molecule has 0 amide bonds. The van der Waals surface area contributed by atoms with Crippen molar-refractivity contribution in [2.75, 3.05) is 0 Å². The summed E-state index contributed by atoms with van der Waals surface area (Å²) in [4.78, 5) is 17.5. The standard InChI is InChI=1S/C6H5BrN2OS/c1-4(8-3-10)5-2-11-6(7)9-5/h2,4H,1H3. The van der Waals surface area contributed by atoms with Gasteiger partial charge in [0.25, 0.3) is 0 Å². The van der Waals surface area contributed by atoms with E-state index in [1.807, 2.05) is 5.38 Å². The second-order valence-electron chi connectivity index (χ2n) is 1.92. The molecule has 0 aliphatic carbocycles. The second-order valence-corrected chi connectivity index (χ2v) is 4.06. The van der Waals surface area contributed by atoms with Crippen molar-refractivity contribution in [3.8, 4) is 0 Å². The Balaban J connectivity index is 2.84. The molecule has 0 aromatic carbocycles. The largest absolute Gasteiger partial charge is 0.235 e. The quantitative estimate of drug-likeness (QED) is 0.581. The van der Waals surface area contributed by atoms with Gasteiger partial charge in [0, 0.05) is 5.38 Å². The monoisotopic (exact) mass is 232 g/mol. The molecule has 1 heterocycles. The Morgan fingerprint density at radius 3 is 3.09 bits per heavy atom. The molecule has 0 radical (unpaired) electrons. The molecule has 0 spiro atoms. The SMILES string of the molecule is CC(N=C=O)c1csc(Br)n1. The Bertz CT molecular complexity index is 293. The number of aliphatic imine (C=N–C) groups is 1. The van der Waals surface area contributed by atoms with Crippen LogP contribution in [0.5, 0.6) is 0 Å². The molecule has 1 atom stereocenters. The predicted molar refractivity (Wildman–Crippen MR) is 46.4 cm³/mol. The van der Waals surface area contributed by atoms with Gasteiger partial charge in [0.15, 0.2) is 3.92 Å². The minimum absolute atomic E-state index is 0.185. The molecule has 0 aliphatic rings. The van der Waals surface area contributed by atoms with Gasteiger partial charge in [-0.15, -0.1) is 11.3 Å². The molecular weight excluding hydrogens is 228 g/mol. The van der Waals surface area contributed by atoms with Crippen molar-refractivity contribution in [3.05, 3.63) is 15.0 Å². The molecule has 5 heteroatoms. The van der Waals surface area contributed by atoms with Gasteiger partial charge in [-0.3, -0.25) is 0 Å². The summed E-state index contributed by atoms with van der Waals surface area (Å²) in [6, 6.07) is -0.185. The number of carbonyl (C=O) groups excluding carboxylic acids is 1. The van der Waals surface area contributed by atoms with E-state index < -0.39 is 0 Å². The summed E-state index contributed by atoms with van der Waals surface area (Å²) in [5.74, 6) is 0. The molecule has 0 saturated heterocycles.